The SMILES string of the molecule is CCc1ccc(CNC(=O)CN(C)c2nnc(-n3cccc3)s2)cc1. The molecule has 0 radical (unpaired) electrons. The Kier molecular flexibility index (Phi) is 5.45. The summed E-state index contributed by atoms with van der Waals surface area (Å²) in [6, 6.07) is 12.2. The fourth-order valence-corrected chi connectivity index (χ4v) is 3.14. The van der Waals surface area contributed by atoms with Crippen molar-refractivity contribution in [3.8, 4) is 5.13 Å². The van der Waals surface area contributed by atoms with E-state index in [4.69, 9.17) is 0 Å². The minimum absolute atomic E-state index is 0.0419. The van der Waals surface area contributed by atoms with E-state index in [0.717, 1.165) is 17.1 Å². The van der Waals surface area contributed by atoms with Crippen LogP contribution in [0.4, 0.5) is 5.13 Å². The molecule has 0 aliphatic heterocycles. The van der Waals surface area contributed by atoms with Gasteiger partial charge in [0.25, 0.3) is 0 Å². The molecule has 0 saturated heterocycles. The van der Waals surface area contributed by atoms with Crippen LogP contribution in [-0.2, 0) is 17.8 Å². The fourth-order valence-electron chi connectivity index (χ4n) is 2.36. The number of rotatable bonds is 7. The molecule has 0 atom stereocenters. The number of carbonyl (C=O) groups excluding carboxylic acids is 1. The Hall–Kier alpha value is -2.67. The maximum Gasteiger partial charge on any atom is 0.239 e. The summed E-state index contributed by atoms with van der Waals surface area (Å²) in [6.45, 7) is 2.90. The minimum Gasteiger partial charge on any atom is -0.350 e. The third-order valence-electron chi connectivity index (χ3n) is 3.86. The maximum absolute atomic E-state index is 12.2. The summed E-state index contributed by atoms with van der Waals surface area (Å²) in [5.41, 5.74) is 2.39. The first kappa shape index (κ1) is 17.2. The van der Waals surface area contributed by atoms with Crippen LogP contribution >= 0.6 is 11.3 Å². The van der Waals surface area contributed by atoms with Crippen LogP contribution in [0.2, 0.25) is 0 Å². The first-order valence-corrected chi connectivity index (χ1v) is 9.00. The van der Waals surface area contributed by atoms with Crippen molar-refractivity contribution in [2.24, 2.45) is 0 Å². The molecule has 0 unspecified atom stereocenters. The number of benzene rings is 1. The first-order valence-electron chi connectivity index (χ1n) is 8.18. The van der Waals surface area contributed by atoms with Crippen LogP contribution in [0.5, 0.6) is 0 Å². The zero-order chi connectivity index (χ0) is 17.6. The van der Waals surface area contributed by atoms with Gasteiger partial charge in [-0.25, -0.2) is 0 Å². The standard InChI is InChI=1S/C18H21N5OS/c1-3-14-6-8-15(9-7-14)12-19-16(24)13-22(2)17-20-21-18(25-17)23-10-4-5-11-23/h4-11H,3,12-13H2,1-2H3,(H,19,24). The van der Waals surface area contributed by atoms with Gasteiger partial charge in [-0.05, 0) is 29.7 Å². The number of aryl methyl sites for hydroxylation is 1. The largest absolute Gasteiger partial charge is 0.350 e. The summed E-state index contributed by atoms with van der Waals surface area (Å²) < 4.78 is 1.90. The van der Waals surface area contributed by atoms with E-state index in [1.54, 1.807) is 4.90 Å². The highest BCUT2D eigenvalue weighted by atomic mass is 32.1. The van der Waals surface area contributed by atoms with Crippen LogP contribution in [0.25, 0.3) is 5.13 Å². The molecule has 0 fully saturated rings. The molecule has 1 aromatic carbocycles. The van der Waals surface area contributed by atoms with Gasteiger partial charge in [0, 0.05) is 26.0 Å². The summed E-state index contributed by atoms with van der Waals surface area (Å²) >= 11 is 1.45. The molecule has 6 nitrogen and oxygen atoms in total. The van der Waals surface area contributed by atoms with Crippen LogP contribution in [-0.4, -0.2) is 34.3 Å². The Balaban J connectivity index is 1.51. The van der Waals surface area contributed by atoms with Gasteiger partial charge in [-0.1, -0.05) is 42.5 Å². The number of amides is 1. The third kappa shape index (κ3) is 4.45. The quantitative estimate of drug-likeness (QED) is 0.708. The number of nitrogens with zero attached hydrogens (tertiary/aromatic N) is 4. The zero-order valence-corrected chi connectivity index (χ0v) is 15.2. The monoisotopic (exact) mass is 355 g/mol. The highest BCUT2D eigenvalue weighted by molar-refractivity contribution is 7.17. The number of carbonyl (C=O) groups is 1. The van der Waals surface area contributed by atoms with Crippen molar-refractivity contribution in [2.45, 2.75) is 19.9 Å². The van der Waals surface area contributed by atoms with Crippen LogP contribution in [0, 0.1) is 0 Å². The highest BCUT2D eigenvalue weighted by Gasteiger charge is 2.13. The third-order valence-corrected chi connectivity index (χ3v) is 4.91. The Morgan fingerprint density at radius 3 is 2.52 bits per heavy atom. The van der Waals surface area contributed by atoms with Gasteiger partial charge < -0.3 is 10.2 Å². The Bertz CT molecular complexity index is 810. The number of aromatic nitrogens is 3. The molecule has 0 aliphatic rings. The normalized spacial score (nSPS) is 10.6. The molecule has 1 amide bonds. The number of likely N-dealkylation sites (N-methyl/N-ethyl adjacent to an activating group) is 1. The number of nitrogens with one attached hydrogen (secondary N) is 1. The van der Waals surface area contributed by atoms with Crippen LogP contribution in [0.1, 0.15) is 18.1 Å². The summed E-state index contributed by atoms with van der Waals surface area (Å²) in [4.78, 5) is 14.0. The molecule has 25 heavy (non-hydrogen) atoms. The van der Waals surface area contributed by atoms with Gasteiger partial charge >= 0.3 is 0 Å². The molecule has 3 aromatic rings. The molecular formula is C18H21N5OS. The molecule has 0 bridgehead atoms. The lowest BCUT2D eigenvalue weighted by Gasteiger charge is -2.14. The van der Waals surface area contributed by atoms with E-state index in [1.165, 1.54) is 16.9 Å². The molecule has 130 valence electrons. The zero-order valence-electron chi connectivity index (χ0n) is 14.3. The van der Waals surface area contributed by atoms with E-state index in [9.17, 15) is 4.79 Å². The van der Waals surface area contributed by atoms with Crippen LogP contribution in [0.15, 0.2) is 48.8 Å². The summed E-state index contributed by atoms with van der Waals surface area (Å²) in [5, 5.41) is 12.7. The molecular weight excluding hydrogens is 334 g/mol. The summed E-state index contributed by atoms with van der Waals surface area (Å²) in [6.07, 6.45) is 4.85. The van der Waals surface area contributed by atoms with Gasteiger partial charge in [0.2, 0.25) is 16.2 Å². The Morgan fingerprint density at radius 2 is 1.84 bits per heavy atom. The summed E-state index contributed by atoms with van der Waals surface area (Å²) in [5.74, 6) is -0.0419. The number of hydrogen-bond acceptors (Lipinski definition) is 5. The average Bonchev–Trinajstić information content (AvgIpc) is 3.31. The number of anilines is 1. The predicted octanol–water partition coefficient (Wildman–Crippen LogP) is 2.64. The van der Waals surface area contributed by atoms with Crippen LogP contribution in [0.3, 0.4) is 0 Å². The van der Waals surface area contributed by atoms with E-state index >= 15 is 0 Å². The lowest BCUT2D eigenvalue weighted by Crippen LogP contribution is -2.34. The van der Waals surface area contributed by atoms with E-state index in [-0.39, 0.29) is 12.5 Å². The lowest BCUT2D eigenvalue weighted by atomic mass is 10.1. The lowest BCUT2D eigenvalue weighted by molar-refractivity contribution is -0.119. The van der Waals surface area contributed by atoms with E-state index < -0.39 is 0 Å². The minimum atomic E-state index is -0.0419. The topological polar surface area (TPSA) is 63.1 Å². The van der Waals surface area contributed by atoms with Crippen molar-refractivity contribution in [3.05, 3.63) is 59.9 Å². The second kappa shape index (κ2) is 7.94. The smallest absolute Gasteiger partial charge is 0.239 e. The van der Waals surface area contributed by atoms with E-state index in [0.29, 0.717) is 11.7 Å². The molecule has 2 heterocycles. The van der Waals surface area contributed by atoms with Crippen molar-refractivity contribution < 1.29 is 4.79 Å². The Morgan fingerprint density at radius 1 is 1.16 bits per heavy atom. The van der Waals surface area contributed by atoms with Crippen LogP contribution < -0.4 is 10.2 Å². The molecule has 3 rings (SSSR count). The molecule has 2 aromatic heterocycles. The fraction of sp³-hybridized carbons (Fsp3) is 0.278. The van der Waals surface area contributed by atoms with E-state index in [2.05, 4.69) is 46.7 Å². The van der Waals surface area contributed by atoms with Crippen molar-refractivity contribution >= 4 is 22.4 Å². The van der Waals surface area contributed by atoms with Gasteiger partial charge in [-0.15, -0.1) is 10.2 Å². The molecule has 0 spiro atoms. The molecule has 1 N–H and O–H groups in total. The van der Waals surface area contributed by atoms with Gasteiger partial charge in [0.1, 0.15) is 0 Å². The van der Waals surface area contributed by atoms with Crippen molar-refractivity contribution in [1.82, 2.24) is 20.1 Å². The molecule has 0 saturated carbocycles. The Labute approximate surface area is 151 Å². The van der Waals surface area contributed by atoms with Gasteiger partial charge in [-0.3, -0.25) is 9.36 Å². The van der Waals surface area contributed by atoms with Crippen molar-refractivity contribution in [1.29, 1.82) is 0 Å². The van der Waals surface area contributed by atoms with Gasteiger partial charge in [0.05, 0.1) is 6.54 Å². The van der Waals surface area contributed by atoms with E-state index in [1.807, 2.05) is 36.1 Å². The first-order chi connectivity index (χ1) is 12.2. The number of hydrogen-bond donors (Lipinski definition) is 1. The van der Waals surface area contributed by atoms with Crippen molar-refractivity contribution in [2.75, 3.05) is 18.5 Å². The highest BCUT2D eigenvalue weighted by Crippen LogP contribution is 2.21. The average molecular weight is 355 g/mol. The van der Waals surface area contributed by atoms with Gasteiger partial charge in [-0.2, -0.15) is 0 Å². The predicted molar refractivity (Wildman–Crippen MR) is 100 cm³/mol. The molecule has 7 heteroatoms. The maximum atomic E-state index is 12.2. The second-order valence-corrected chi connectivity index (χ2v) is 6.69. The summed E-state index contributed by atoms with van der Waals surface area (Å²) in [7, 11) is 1.84. The molecule has 0 aliphatic carbocycles. The van der Waals surface area contributed by atoms with Crippen molar-refractivity contribution in [3.63, 3.8) is 0 Å². The van der Waals surface area contributed by atoms with Gasteiger partial charge in [0.15, 0.2) is 0 Å². The second-order valence-electron chi connectivity index (χ2n) is 5.76.